The molecule has 1 aromatic rings. The molecule has 1 aliphatic heterocycles. The summed E-state index contributed by atoms with van der Waals surface area (Å²) >= 11 is 8.67. The van der Waals surface area contributed by atoms with Gasteiger partial charge in [0, 0.05) is 10.6 Å². The van der Waals surface area contributed by atoms with Crippen LogP contribution in [0.4, 0.5) is 4.79 Å². The van der Waals surface area contributed by atoms with E-state index in [1.807, 2.05) is 6.07 Å². The Labute approximate surface area is 136 Å². The van der Waals surface area contributed by atoms with Crippen molar-refractivity contribution in [1.29, 1.82) is 0 Å². The van der Waals surface area contributed by atoms with Crippen LogP contribution in [0.3, 0.4) is 0 Å². The Morgan fingerprint density at radius 3 is 2.57 bits per heavy atom. The van der Waals surface area contributed by atoms with Crippen molar-refractivity contribution in [3.8, 4) is 0 Å². The van der Waals surface area contributed by atoms with Crippen LogP contribution in [0, 0.1) is 0 Å². The lowest BCUT2D eigenvalue weighted by molar-refractivity contribution is -0.142. The molecule has 0 spiro atoms. The molecular formula is C13H16ClNO4S2. The van der Waals surface area contributed by atoms with Gasteiger partial charge in [0.2, 0.25) is 0 Å². The molecule has 0 saturated carbocycles. The van der Waals surface area contributed by atoms with Crippen molar-refractivity contribution in [2.24, 2.45) is 0 Å². The summed E-state index contributed by atoms with van der Waals surface area (Å²) in [6, 6.07) is 2.66. The van der Waals surface area contributed by atoms with Crippen LogP contribution in [0.1, 0.15) is 31.0 Å². The maximum atomic E-state index is 12.4. The van der Waals surface area contributed by atoms with Crippen LogP contribution in [0.25, 0.3) is 0 Å². The highest BCUT2D eigenvalue weighted by Crippen LogP contribution is 2.45. The third-order valence-electron chi connectivity index (χ3n) is 2.73. The fourth-order valence-electron chi connectivity index (χ4n) is 1.91. The number of hydrogen-bond acceptors (Lipinski definition) is 5. The van der Waals surface area contributed by atoms with E-state index in [4.69, 9.17) is 16.3 Å². The summed E-state index contributed by atoms with van der Waals surface area (Å²) in [6.45, 7) is 5.25. The third-order valence-corrected chi connectivity index (χ3v) is 5.46. The summed E-state index contributed by atoms with van der Waals surface area (Å²) in [7, 11) is 0. The first-order chi connectivity index (χ1) is 9.69. The van der Waals surface area contributed by atoms with E-state index in [0.29, 0.717) is 10.1 Å². The minimum atomic E-state index is -1.03. The van der Waals surface area contributed by atoms with E-state index in [1.165, 1.54) is 28.0 Å². The second kappa shape index (κ2) is 6.06. The Hall–Kier alpha value is -0.920. The topological polar surface area (TPSA) is 66.8 Å². The normalized spacial score (nSPS) is 22.4. The molecule has 2 unspecified atom stereocenters. The quantitative estimate of drug-likeness (QED) is 0.878. The number of amides is 1. The van der Waals surface area contributed by atoms with Gasteiger partial charge in [-0.05, 0) is 32.9 Å². The molecule has 1 fully saturated rings. The Morgan fingerprint density at radius 1 is 1.43 bits per heavy atom. The van der Waals surface area contributed by atoms with Gasteiger partial charge in [-0.2, -0.15) is 0 Å². The van der Waals surface area contributed by atoms with E-state index in [2.05, 4.69) is 0 Å². The van der Waals surface area contributed by atoms with Gasteiger partial charge in [0.05, 0.1) is 4.34 Å². The van der Waals surface area contributed by atoms with E-state index in [1.54, 1.807) is 26.8 Å². The average molecular weight is 350 g/mol. The highest BCUT2D eigenvalue weighted by molar-refractivity contribution is 7.99. The van der Waals surface area contributed by atoms with Gasteiger partial charge in [-0.25, -0.2) is 9.59 Å². The van der Waals surface area contributed by atoms with Gasteiger partial charge < -0.3 is 9.84 Å². The first-order valence-corrected chi connectivity index (χ1v) is 8.54. The Bertz CT molecular complexity index is 555. The lowest BCUT2D eigenvalue weighted by atomic mass is 10.2. The molecule has 1 aliphatic rings. The number of thiophene rings is 1. The number of hydrogen-bond donors (Lipinski definition) is 1. The van der Waals surface area contributed by atoms with Crippen LogP contribution in [-0.4, -0.2) is 39.5 Å². The number of thioether (sulfide) groups is 1. The zero-order chi connectivity index (χ0) is 15.8. The van der Waals surface area contributed by atoms with Crippen LogP contribution in [0.2, 0.25) is 4.34 Å². The van der Waals surface area contributed by atoms with Gasteiger partial charge in [0.25, 0.3) is 0 Å². The predicted octanol–water partition coefficient (Wildman–Crippen LogP) is 3.84. The highest BCUT2D eigenvalue weighted by Gasteiger charge is 2.44. The number of carbonyl (C=O) groups excluding carboxylic acids is 1. The summed E-state index contributed by atoms with van der Waals surface area (Å²) in [5.41, 5.74) is -0.676. The van der Waals surface area contributed by atoms with Crippen LogP contribution in [-0.2, 0) is 9.53 Å². The maximum Gasteiger partial charge on any atom is 0.412 e. The smallest absolute Gasteiger partial charge is 0.412 e. The molecule has 1 amide bonds. The Morgan fingerprint density at radius 2 is 2.10 bits per heavy atom. The zero-order valence-corrected chi connectivity index (χ0v) is 14.2. The maximum absolute atomic E-state index is 12.4. The van der Waals surface area contributed by atoms with Crippen molar-refractivity contribution in [3.05, 3.63) is 21.3 Å². The lowest BCUT2D eigenvalue weighted by Crippen LogP contribution is -2.45. The molecule has 2 rings (SSSR count). The van der Waals surface area contributed by atoms with Crippen LogP contribution in [0.15, 0.2) is 12.1 Å². The summed E-state index contributed by atoms with van der Waals surface area (Å²) in [5.74, 6) is -0.701. The number of aliphatic carboxylic acids is 1. The summed E-state index contributed by atoms with van der Waals surface area (Å²) in [4.78, 5) is 25.9. The van der Waals surface area contributed by atoms with E-state index < -0.39 is 23.7 Å². The molecule has 0 radical (unpaired) electrons. The van der Waals surface area contributed by atoms with E-state index in [-0.39, 0.29) is 5.37 Å². The molecule has 116 valence electrons. The molecule has 5 nitrogen and oxygen atoms in total. The van der Waals surface area contributed by atoms with E-state index >= 15 is 0 Å². The molecule has 0 bridgehead atoms. The minimum Gasteiger partial charge on any atom is -0.480 e. The molecule has 2 heterocycles. The van der Waals surface area contributed by atoms with Gasteiger partial charge in [-0.3, -0.25) is 4.90 Å². The molecular weight excluding hydrogens is 334 g/mol. The predicted molar refractivity (Wildman–Crippen MR) is 84.0 cm³/mol. The zero-order valence-electron chi connectivity index (χ0n) is 11.8. The molecule has 2 atom stereocenters. The monoisotopic (exact) mass is 349 g/mol. The van der Waals surface area contributed by atoms with Crippen LogP contribution < -0.4 is 0 Å². The number of carboxylic acids is 1. The van der Waals surface area contributed by atoms with Gasteiger partial charge >= 0.3 is 12.1 Å². The standard InChI is InChI=1S/C13H16ClNO4S2/c1-13(2,3)19-12(18)15-7(11(16)17)6-20-10(15)8-4-5-9(14)21-8/h4-5,7,10H,6H2,1-3H3,(H,16,17). The number of carboxylic acid groups (broad SMARTS) is 1. The molecule has 8 heteroatoms. The van der Waals surface area contributed by atoms with Crippen LogP contribution >= 0.6 is 34.7 Å². The van der Waals surface area contributed by atoms with Gasteiger partial charge in [0.15, 0.2) is 0 Å². The number of nitrogens with zero attached hydrogens (tertiary/aromatic N) is 1. The van der Waals surface area contributed by atoms with Crippen molar-refractivity contribution in [3.63, 3.8) is 0 Å². The lowest BCUT2D eigenvalue weighted by Gasteiger charge is -2.29. The first kappa shape index (κ1) is 16.5. The molecule has 0 aromatic carbocycles. The summed E-state index contributed by atoms with van der Waals surface area (Å²) in [5, 5.41) is 8.94. The Balaban J connectivity index is 2.28. The number of ether oxygens (including phenoxy) is 1. The fourth-order valence-corrected chi connectivity index (χ4v) is 4.61. The second-order valence-electron chi connectivity index (χ2n) is 5.57. The number of halogens is 1. The van der Waals surface area contributed by atoms with Crippen LogP contribution in [0.5, 0.6) is 0 Å². The van der Waals surface area contributed by atoms with Crippen molar-refractivity contribution in [1.82, 2.24) is 4.90 Å². The molecule has 1 saturated heterocycles. The van der Waals surface area contributed by atoms with E-state index in [9.17, 15) is 14.7 Å². The fraction of sp³-hybridized carbons (Fsp3) is 0.538. The third kappa shape index (κ3) is 3.84. The van der Waals surface area contributed by atoms with Crippen molar-refractivity contribution < 1.29 is 19.4 Å². The highest BCUT2D eigenvalue weighted by atomic mass is 35.5. The minimum absolute atomic E-state index is 0.328. The largest absolute Gasteiger partial charge is 0.480 e. The van der Waals surface area contributed by atoms with Crippen molar-refractivity contribution in [2.45, 2.75) is 37.8 Å². The average Bonchev–Trinajstić information content (AvgIpc) is 2.91. The van der Waals surface area contributed by atoms with Gasteiger partial charge in [0.1, 0.15) is 17.0 Å². The second-order valence-corrected chi connectivity index (χ2v) is 8.43. The number of carbonyl (C=O) groups is 2. The Kier molecular flexibility index (Phi) is 4.75. The molecule has 1 aromatic heterocycles. The first-order valence-electron chi connectivity index (χ1n) is 6.30. The number of rotatable bonds is 2. The van der Waals surface area contributed by atoms with Gasteiger partial charge in [-0.1, -0.05) is 11.6 Å². The van der Waals surface area contributed by atoms with Crippen molar-refractivity contribution >= 4 is 46.8 Å². The molecule has 0 aliphatic carbocycles. The molecule has 21 heavy (non-hydrogen) atoms. The summed E-state index contributed by atoms with van der Waals surface area (Å²) in [6.07, 6.45) is -0.616. The van der Waals surface area contributed by atoms with Gasteiger partial charge in [-0.15, -0.1) is 23.1 Å². The molecule has 1 N–H and O–H groups in total. The summed E-state index contributed by atoms with van der Waals surface area (Å²) < 4.78 is 5.95. The van der Waals surface area contributed by atoms with Crippen molar-refractivity contribution in [2.75, 3.05) is 5.75 Å². The SMILES string of the molecule is CC(C)(C)OC(=O)N1C(C(=O)O)CSC1c1ccc(Cl)s1. The van der Waals surface area contributed by atoms with E-state index in [0.717, 1.165) is 4.88 Å².